The van der Waals surface area contributed by atoms with Crippen molar-refractivity contribution in [2.45, 2.75) is 38.3 Å². The summed E-state index contributed by atoms with van der Waals surface area (Å²) in [4.78, 5) is 27.2. The van der Waals surface area contributed by atoms with E-state index in [0.717, 1.165) is 25.9 Å². The molecule has 2 unspecified atom stereocenters. The monoisotopic (exact) mass is 269 g/mol. The van der Waals surface area contributed by atoms with Gasteiger partial charge in [-0.3, -0.25) is 14.5 Å². The summed E-state index contributed by atoms with van der Waals surface area (Å²) in [6.07, 6.45) is 3.28. The van der Waals surface area contributed by atoms with Crippen LogP contribution in [0.25, 0.3) is 0 Å². The highest BCUT2D eigenvalue weighted by atomic mass is 16.4. The molecule has 0 aromatic heterocycles. The molecule has 1 amide bonds. The number of hydrogen-bond donors (Lipinski definition) is 2. The van der Waals surface area contributed by atoms with E-state index >= 15 is 0 Å². The minimum Gasteiger partial charge on any atom is -0.480 e. The Morgan fingerprint density at radius 3 is 2.79 bits per heavy atom. The van der Waals surface area contributed by atoms with Gasteiger partial charge >= 0.3 is 5.97 Å². The number of carboxylic acid groups (broad SMARTS) is 1. The van der Waals surface area contributed by atoms with Crippen molar-refractivity contribution in [3.8, 4) is 0 Å². The third-order valence-corrected chi connectivity index (χ3v) is 4.10. The number of carbonyl (C=O) groups excluding carboxylic acids is 1. The Labute approximate surface area is 113 Å². The molecule has 0 radical (unpaired) electrons. The van der Waals surface area contributed by atoms with Crippen LogP contribution in [0.2, 0.25) is 0 Å². The van der Waals surface area contributed by atoms with Gasteiger partial charge in [0.1, 0.15) is 6.04 Å². The molecule has 2 rings (SSSR count). The van der Waals surface area contributed by atoms with Gasteiger partial charge in [0.05, 0.1) is 6.54 Å². The van der Waals surface area contributed by atoms with Crippen LogP contribution in [0.3, 0.4) is 0 Å². The second-order valence-corrected chi connectivity index (χ2v) is 5.46. The van der Waals surface area contributed by atoms with E-state index in [1.54, 1.807) is 4.90 Å². The van der Waals surface area contributed by atoms with E-state index in [4.69, 9.17) is 0 Å². The largest absolute Gasteiger partial charge is 0.480 e. The van der Waals surface area contributed by atoms with Crippen LogP contribution in [-0.2, 0) is 9.59 Å². The number of nitrogens with zero attached hydrogens (tertiary/aromatic N) is 2. The molecule has 2 aliphatic rings. The van der Waals surface area contributed by atoms with Crippen molar-refractivity contribution in [2.24, 2.45) is 0 Å². The van der Waals surface area contributed by atoms with Crippen LogP contribution < -0.4 is 5.32 Å². The standard InChI is InChI=1S/C13H23N3O3/c1-10-4-2-3-6-16(10)12(17)9-15-7-5-14-8-11(15)13(18)19/h10-11,14H,2-9H2,1H3,(H,18,19). The molecule has 19 heavy (non-hydrogen) atoms. The van der Waals surface area contributed by atoms with Gasteiger partial charge in [-0.1, -0.05) is 0 Å². The molecule has 6 nitrogen and oxygen atoms in total. The minimum atomic E-state index is -0.855. The summed E-state index contributed by atoms with van der Waals surface area (Å²) in [5, 5.41) is 12.2. The quantitative estimate of drug-likeness (QED) is 0.739. The van der Waals surface area contributed by atoms with Crippen molar-refractivity contribution in [1.82, 2.24) is 15.1 Å². The topological polar surface area (TPSA) is 72.9 Å². The molecule has 6 heteroatoms. The third kappa shape index (κ3) is 3.45. The molecule has 0 aliphatic carbocycles. The van der Waals surface area contributed by atoms with E-state index in [9.17, 15) is 14.7 Å². The summed E-state index contributed by atoms with van der Waals surface area (Å²) < 4.78 is 0. The van der Waals surface area contributed by atoms with Gasteiger partial charge in [0.2, 0.25) is 5.91 Å². The smallest absolute Gasteiger partial charge is 0.322 e. The molecular weight excluding hydrogens is 246 g/mol. The number of piperazine rings is 1. The van der Waals surface area contributed by atoms with Gasteiger partial charge in [0, 0.05) is 32.2 Å². The Morgan fingerprint density at radius 1 is 1.32 bits per heavy atom. The zero-order chi connectivity index (χ0) is 13.8. The maximum atomic E-state index is 12.3. The molecule has 0 aromatic carbocycles. The lowest BCUT2D eigenvalue weighted by molar-refractivity contribution is -0.146. The van der Waals surface area contributed by atoms with Gasteiger partial charge in [0.15, 0.2) is 0 Å². The average Bonchev–Trinajstić information content (AvgIpc) is 2.39. The lowest BCUT2D eigenvalue weighted by Gasteiger charge is -2.37. The van der Waals surface area contributed by atoms with Crippen molar-refractivity contribution < 1.29 is 14.7 Å². The number of carboxylic acids is 1. The van der Waals surface area contributed by atoms with Gasteiger partial charge in [-0.15, -0.1) is 0 Å². The molecule has 0 bridgehead atoms. The second kappa shape index (κ2) is 6.34. The van der Waals surface area contributed by atoms with Crippen LogP contribution >= 0.6 is 0 Å². The molecule has 2 fully saturated rings. The summed E-state index contributed by atoms with van der Waals surface area (Å²) in [5.41, 5.74) is 0. The Bertz CT molecular complexity index is 348. The Balaban J connectivity index is 1.94. The summed E-state index contributed by atoms with van der Waals surface area (Å²) in [7, 11) is 0. The molecule has 2 N–H and O–H groups in total. The maximum Gasteiger partial charge on any atom is 0.322 e. The van der Waals surface area contributed by atoms with Crippen LogP contribution in [0.4, 0.5) is 0 Å². The maximum absolute atomic E-state index is 12.3. The van der Waals surface area contributed by atoms with E-state index in [1.165, 1.54) is 6.42 Å². The van der Waals surface area contributed by atoms with Crippen molar-refractivity contribution in [1.29, 1.82) is 0 Å². The van der Waals surface area contributed by atoms with Crippen molar-refractivity contribution >= 4 is 11.9 Å². The molecule has 2 atom stereocenters. The fraction of sp³-hybridized carbons (Fsp3) is 0.846. The number of rotatable bonds is 3. The highest BCUT2D eigenvalue weighted by Crippen LogP contribution is 2.17. The van der Waals surface area contributed by atoms with Crippen LogP contribution in [0, 0.1) is 0 Å². The van der Waals surface area contributed by atoms with E-state index in [1.807, 2.05) is 4.90 Å². The summed E-state index contributed by atoms with van der Waals surface area (Å²) >= 11 is 0. The number of carbonyl (C=O) groups is 2. The Hall–Kier alpha value is -1.14. The molecule has 0 saturated carbocycles. The average molecular weight is 269 g/mol. The van der Waals surface area contributed by atoms with Gasteiger partial charge < -0.3 is 15.3 Å². The van der Waals surface area contributed by atoms with Crippen molar-refractivity contribution in [3.63, 3.8) is 0 Å². The van der Waals surface area contributed by atoms with E-state index in [2.05, 4.69) is 12.2 Å². The van der Waals surface area contributed by atoms with Gasteiger partial charge in [-0.05, 0) is 26.2 Å². The van der Waals surface area contributed by atoms with Crippen molar-refractivity contribution in [3.05, 3.63) is 0 Å². The van der Waals surface area contributed by atoms with Gasteiger partial charge in [-0.25, -0.2) is 0 Å². The van der Waals surface area contributed by atoms with E-state index in [-0.39, 0.29) is 18.5 Å². The van der Waals surface area contributed by atoms with Crippen LogP contribution in [0.15, 0.2) is 0 Å². The fourth-order valence-corrected chi connectivity index (χ4v) is 2.91. The normalized spacial score (nSPS) is 29.2. The SMILES string of the molecule is CC1CCCCN1C(=O)CN1CCNCC1C(=O)O. The number of hydrogen-bond acceptors (Lipinski definition) is 4. The highest BCUT2D eigenvalue weighted by molar-refractivity contribution is 5.80. The van der Waals surface area contributed by atoms with Crippen LogP contribution in [-0.4, -0.2) is 71.6 Å². The highest BCUT2D eigenvalue weighted by Gasteiger charge is 2.32. The van der Waals surface area contributed by atoms with Crippen molar-refractivity contribution in [2.75, 3.05) is 32.7 Å². The molecule has 2 aliphatic heterocycles. The first kappa shape index (κ1) is 14.3. The molecule has 0 spiro atoms. The summed E-state index contributed by atoms with van der Waals surface area (Å²) in [6, 6.07) is -0.301. The first-order chi connectivity index (χ1) is 9.09. The number of amides is 1. The van der Waals surface area contributed by atoms with Crippen LogP contribution in [0.5, 0.6) is 0 Å². The zero-order valence-electron chi connectivity index (χ0n) is 11.5. The molecule has 0 aromatic rings. The van der Waals surface area contributed by atoms with E-state index < -0.39 is 12.0 Å². The first-order valence-corrected chi connectivity index (χ1v) is 7.06. The van der Waals surface area contributed by atoms with Gasteiger partial charge in [-0.2, -0.15) is 0 Å². The second-order valence-electron chi connectivity index (χ2n) is 5.46. The number of piperidine rings is 1. The number of aliphatic carboxylic acids is 1. The number of nitrogens with one attached hydrogen (secondary N) is 1. The summed E-state index contributed by atoms with van der Waals surface area (Å²) in [5.74, 6) is -0.785. The third-order valence-electron chi connectivity index (χ3n) is 4.10. The molecule has 2 saturated heterocycles. The molecular formula is C13H23N3O3. The van der Waals surface area contributed by atoms with Gasteiger partial charge in [0.25, 0.3) is 0 Å². The predicted octanol–water partition coefficient (Wildman–Crippen LogP) is -0.254. The Morgan fingerprint density at radius 2 is 2.11 bits per heavy atom. The fourth-order valence-electron chi connectivity index (χ4n) is 2.91. The summed E-state index contributed by atoms with van der Waals surface area (Å²) in [6.45, 7) is 4.88. The molecule has 108 valence electrons. The predicted molar refractivity (Wildman–Crippen MR) is 70.9 cm³/mol. The van der Waals surface area contributed by atoms with E-state index in [0.29, 0.717) is 13.1 Å². The zero-order valence-corrected chi connectivity index (χ0v) is 11.5. The lowest BCUT2D eigenvalue weighted by Crippen LogP contribution is -2.58. The first-order valence-electron chi connectivity index (χ1n) is 7.06. The minimum absolute atomic E-state index is 0.0698. The Kier molecular flexibility index (Phi) is 4.76. The molecule has 2 heterocycles. The number of likely N-dealkylation sites (tertiary alicyclic amines) is 1. The van der Waals surface area contributed by atoms with Crippen LogP contribution in [0.1, 0.15) is 26.2 Å². The lowest BCUT2D eigenvalue weighted by atomic mass is 10.0.